The van der Waals surface area contributed by atoms with Crippen molar-refractivity contribution in [3.63, 3.8) is 0 Å². The van der Waals surface area contributed by atoms with Crippen molar-refractivity contribution in [3.05, 3.63) is 0 Å². The summed E-state index contributed by atoms with van der Waals surface area (Å²) in [5.74, 6) is 1.27. The quantitative estimate of drug-likeness (QED) is 0.798. The van der Waals surface area contributed by atoms with Gasteiger partial charge in [0.15, 0.2) is 0 Å². The summed E-state index contributed by atoms with van der Waals surface area (Å²) in [6, 6.07) is 0.692. The maximum absolute atomic E-state index is 12.3. The molecule has 4 nitrogen and oxygen atoms in total. The van der Waals surface area contributed by atoms with Gasteiger partial charge in [-0.25, -0.2) is 0 Å². The van der Waals surface area contributed by atoms with Gasteiger partial charge in [0.25, 0.3) is 0 Å². The van der Waals surface area contributed by atoms with Crippen molar-refractivity contribution in [2.75, 3.05) is 13.7 Å². The molecule has 1 heterocycles. The Hall–Kier alpha value is -0.610. The number of amides is 1. The second-order valence-corrected chi connectivity index (χ2v) is 6.42. The molecule has 0 spiro atoms. The van der Waals surface area contributed by atoms with E-state index in [1.54, 1.807) is 7.11 Å². The third-order valence-corrected chi connectivity index (χ3v) is 4.66. The van der Waals surface area contributed by atoms with Gasteiger partial charge < -0.3 is 15.4 Å². The van der Waals surface area contributed by atoms with Gasteiger partial charge in [-0.3, -0.25) is 4.79 Å². The number of fused-ring (bicyclic) bond motifs is 1. The zero-order valence-corrected chi connectivity index (χ0v) is 12.4. The highest BCUT2D eigenvalue weighted by Crippen LogP contribution is 2.33. The number of rotatable bonds is 5. The minimum atomic E-state index is 0.00575. The van der Waals surface area contributed by atoms with E-state index >= 15 is 0 Å². The first-order valence-corrected chi connectivity index (χ1v) is 7.67. The minimum Gasteiger partial charge on any atom is -0.383 e. The van der Waals surface area contributed by atoms with Crippen LogP contribution in [-0.4, -0.2) is 37.7 Å². The van der Waals surface area contributed by atoms with E-state index in [9.17, 15) is 4.79 Å². The Balaban J connectivity index is 1.86. The maximum Gasteiger partial charge on any atom is 0.237 e. The highest BCUT2D eigenvalue weighted by atomic mass is 16.5. The van der Waals surface area contributed by atoms with Crippen LogP contribution < -0.4 is 10.6 Å². The van der Waals surface area contributed by atoms with Gasteiger partial charge in [-0.2, -0.15) is 0 Å². The molecule has 0 radical (unpaired) electrons. The number of methoxy groups -OCH3 is 1. The summed E-state index contributed by atoms with van der Waals surface area (Å²) in [7, 11) is 1.68. The normalized spacial score (nSPS) is 32.1. The largest absolute Gasteiger partial charge is 0.383 e. The van der Waals surface area contributed by atoms with Crippen LogP contribution in [0.25, 0.3) is 0 Å². The lowest BCUT2D eigenvalue weighted by Gasteiger charge is -2.24. The molecule has 2 rings (SSSR count). The molecule has 4 unspecified atom stereocenters. The van der Waals surface area contributed by atoms with Crippen molar-refractivity contribution in [1.29, 1.82) is 0 Å². The number of hydrogen-bond acceptors (Lipinski definition) is 3. The Labute approximate surface area is 116 Å². The van der Waals surface area contributed by atoms with Crippen LogP contribution in [0.4, 0.5) is 0 Å². The van der Waals surface area contributed by atoms with Crippen molar-refractivity contribution in [2.24, 2.45) is 11.8 Å². The molecule has 1 saturated heterocycles. The first-order valence-electron chi connectivity index (χ1n) is 7.67. The molecule has 2 N–H and O–H groups in total. The van der Waals surface area contributed by atoms with Crippen LogP contribution in [0, 0.1) is 11.8 Å². The molecule has 2 fully saturated rings. The van der Waals surface area contributed by atoms with Gasteiger partial charge in [0.2, 0.25) is 5.91 Å². The molecular weight excluding hydrogens is 240 g/mol. The summed E-state index contributed by atoms with van der Waals surface area (Å²) in [6.45, 7) is 4.82. The molecule has 4 atom stereocenters. The second kappa shape index (κ2) is 6.71. The van der Waals surface area contributed by atoms with E-state index in [0.29, 0.717) is 24.5 Å². The molecule has 2 aliphatic rings. The highest BCUT2D eigenvalue weighted by molar-refractivity contribution is 5.82. The van der Waals surface area contributed by atoms with Gasteiger partial charge in [-0.05, 0) is 31.1 Å². The lowest BCUT2D eigenvalue weighted by molar-refractivity contribution is -0.124. The number of nitrogens with one attached hydrogen (secondary N) is 2. The second-order valence-electron chi connectivity index (χ2n) is 6.42. The van der Waals surface area contributed by atoms with Gasteiger partial charge in [0.05, 0.1) is 18.7 Å². The molecule has 0 aromatic carbocycles. The lowest BCUT2D eigenvalue weighted by atomic mass is 9.85. The van der Waals surface area contributed by atoms with Gasteiger partial charge in [0.1, 0.15) is 0 Å². The molecule has 0 bridgehead atoms. The molecule has 0 aromatic rings. The first-order chi connectivity index (χ1) is 9.11. The Morgan fingerprint density at radius 3 is 2.74 bits per heavy atom. The predicted octanol–water partition coefficient (Wildman–Crippen LogP) is 1.69. The zero-order valence-electron chi connectivity index (χ0n) is 12.4. The number of ether oxygens (including phenoxy) is 1. The summed E-state index contributed by atoms with van der Waals surface area (Å²) in [5, 5.41) is 6.67. The Bertz CT molecular complexity index is 293. The monoisotopic (exact) mass is 268 g/mol. The van der Waals surface area contributed by atoms with Gasteiger partial charge in [0, 0.05) is 13.2 Å². The molecule has 4 heteroatoms. The molecular formula is C15H28N2O2. The van der Waals surface area contributed by atoms with Crippen molar-refractivity contribution in [3.8, 4) is 0 Å². The van der Waals surface area contributed by atoms with Crippen LogP contribution in [0.3, 0.4) is 0 Å². The zero-order chi connectivity index (χ0) is 13.8. The molecule has 1 aliphatic heterocycles. The summed E-state index contributed by atoms with van der Waals surface area (Å²) < 4.78 is 5.19. The fraction of sp³-hybridized carbons (Fsp3) is 0.933. The van der Waals surface area contributed by atoms with Crippen LogP contribution in [0.5, 0.6) is 0 Å². The van der Waals surface area contributed by atoms with E-state index in [1.165, 1.54) is 25.7 Å². The Morgan fingerprint density at radius 1 is 1.37 bits per heavy atom. The van der Waals surface area contributed by atoms with Crippen LogP contribution in [0.15, 0.2) is 0 Å². The lowest BCUT2D eigenvalue weighted by Crippen LogP contribution is -2.49. The van der Waals surface area contributed by atoms with Crippen molar-refractivity contribution in [1.82, 2.24) is 10.6 Å². The standard InChI is InChI=1S/C15H28N2O2/c1-10(2)14(9-19-3)17-15(18)13-8-11-6-4-5-7-12(11)16-13/h10-14,16H,4-9H2,1-3H3,(H,17,18). The van der Waals surface area contributed by atoms with E-state index in [4.69, 9.17) is 4.74 Å². The Morgan fingerprint density at radius 2 is 2.11 bits per heavy atom. The molecule has 1 aliphatic carbocycles. The summed E-state index contributed by atoms with van der Waals surface area (Å²) in [4.78, 5) is 12.3. The van der Waals surface area contributed by atoms with E-state index in [2.05, 4.69) is 24.5 Å². The van der Waals surface area contributed by atoms with E-state index in [0.717, 1.165) is 6.42 Å². The molecule has 1 amide bonds. The molecule has 1 saturated carbocycles. The third kappa shape index (κ3) is 3.69. The smallest absolute Gasteiger partial charge is 0.237 e. The molecule has 110 valence electrons. The highest BCUT2D eigenvalue weighted by Gasteiger charge is 2.38. The molecule has 0 aromatic heterocycles. The average molecular weight is 268 g/mol. The van der Waals surface area contributed by atoms with Gasteiger partial charge in [-0.15, -0.1) is 0 Å². The van der Waals surface area contributed by atoms with E-state index < -0.39 is 0 Å². The number of carbonyl (C=O) groups excluding carboxylic acids is 1. The minimum absolute atomic E-state index is 0.00575. The van der Waals surface area contributed by atoms with Crippen molar-refractivity contribution < 1.29 is 9.53 Å². The van der Waals surface area contributed by atoms with E-state index in [-0.39, 0.29) is 18.0 Å². The Kier molecular flexibility index (Phi) is 5.22. The first kappa shape index (κ1) is 14.8. The SMILES string of the molecule is COCC(NC(=O)C1CC2CCCCC2N1)C(C)C. The summed E-state index contributed by atoms with van der Waals surface area (Å²) in [5.41, 5.74) is 0. The fourth-order valence-electron chi connectivity index (χ4n) is 3.38. The average Bonchev–Trinajstić information content (AvgIpc) is 2.81. The topological polar surface area (TPSA) is 50.4 Å². The van der Waals surface area contributed by atoms with Crippen molar-refractivity contribution >= 4 is 5.91 Å². The van der Waals surface area contributed by atoms with Gasteiger partial charge in [-0.1, -0.05) is 26.7 Å². The van der Waals surface area contributed by atoms with Crippen LogP contribution in [0.1, 0.15) is 46.0 Å². The summed E-state index contributed by atoms with van der Waals surface area (Å²) in [6.07, 6.45) is 6.16. The number of hydrogen-bond donors (Lipinski definition) is 2. The number of carbonyl (C=O) groups is 1. The molecule has 19 heavy (non-hydrogen) atoms. The predicted molar refractivity (Wildman–Crippen MR) is 75.9 cm³/mol. The summed E-state index contributed by atoms with van der Waals surface area (Å²) >= 11 is 0. The van der Waals surface area contributed by atoms with Crippen LogP contribution in [0.2, 0.25) is 0 Å². The van der Waals surface area contributed by atoms with E-state index in [1.807, 2.05) is 0 Å². The fourth-order valence-corrected chi connectivity index (χ4v) is 3.38. The van der Waals surface area contributed by atoms with Crippen LogP contribution >= 0.6 is 0 Å². The van der Waals surface area contributed by atoms with Crippen molar-refractivity contribution in [2.45, 2.75) is 64.1 Å². The maximum atomic E-state index is 12.3. The van der Waals surface area contributed by atoms with Gasteiger partial charge >= 0.3 is 0 Å². The third-order valence-electron chi connectivity index (χ3n) is 4.66. The van der Waals surface area contributed by atoms with Crippen LogP contribution in [-0.2, 0) is 9.53 Å².